The van der Waals surface area contributed by atoms with Crippen molar-refractivity contribution >= 4 is 5.91 Å². The van der Waals surface area contributed by atoms with E-state index < -0.39 is 11.9 Å². The Kier molecular flexibility index (Phi) is 4.80. The van der Waals surface area contributed by atoms with E-state index >= 15 is 0 Å². The Balaban J connectivity index is 1.59. The Hall–Kier alpha value is -2.41. The lowest BCUT2D eigenvalue weighted by molar-refractivity contribution is -0.143. The number of halogens is 1. The van der Waals surface area contributed by atoms with Crippen LogP contribution < -0.4 is 4.74 Å². The number of carbonyl (C=O) groups excluding carboxylic acids is 1. The first kappa shape index (κ1) is 16.4. The maximum absolute atomic E-state index is 13.7. The van der Waals surface area contributed by atoms with Gasteiger partial charge in [-0.1, -0.05) is 24.2 Å². The van der Waals surface area contributed by atoms with Crippen molar-refractivity contribution in [3.63, 3.8) is 0 Å². The van der Waals surface area contributed by atoms with E-state index in [1.807, 2.05) is 6.92 Å². The smallest absolute Gasteiger partial charge is 0.263 e. The Morgan fingerprint density at radius 3 is 2.88 bits per heavy atom. The Morgan fingerprint density at radius 1 is 1.50 bits per heavy atom. The van der Waals surface area contributed by atoms with Crippen molar-refractivity contribution in [3.8, 4) is 5.75 Å². The maximum Gasteiger partial charge on any atom is 0.263 e. The first-order valence-electron chi connectivity index (χ1n) is 7.88. The van der Waals surface area contributed by atoms with Gasteiger partial charge in [-0.2, -0.15) is 0 Å². The van der Waals surface area contributed by atoms with Crippen LogP contribution in [0, 0.1) is 5.82 Å². The number of para-hydroxylation sites is 1. The van der Waals surface area contributed by atoms with Gasteiger partial charge >= 0.3 is 0 Å². The number of hydrogen-bond donors (Lipinski definition) is 1. The van der Waals surface area contributed by atoms with Crippen LogP contribution in [0.4, 0.5) is 4.39 Å². The fourth-order valence-corrected chi connectivity index (χ4v) is 2.65. The highest BCUT2D eigenvalue weighted by molar-refractivity contribution is 5.82. The number of aliphatic hydroxyl groups is 1. The second-order valence-electron chi connectivity index (χ2n) is 5.76. The van der Waals surface area contributed by atoms with Gasteiger partial charge in [0.25, 0.3) is 5.91 Å². The molecule has 3 rings (SSSR count). The van der Waals surface area contributed by atoms with Crippen molar-refractivity contribution in [3.05, 3.63) is 47.6 Å². The molecule has 24 heavy (non-hydrogen) atoms. The van der Waals surface area contributed by atoms with Crippen LogP contribution >= 0.6 is 0 Å². The number of carbonyl (C=O) groups is 1. The summed E-state index contributed by atoms with van der Waals surface area (Å²) in [5, 5.41) is 12.9. The molecule has 1 fully saturated rings. The molecule has 2 heterocycles. The fraction of sp³-hybridized carbons (Fsp3) is 0.412. The molecule has 6 nitrogen and oxygen atoms in total. The second kappa shape index (κ2) is 7.00. The van der Waals surface area contributed by atoms with Crippen LogP contribution in [0.25, 0.3) is 0 Å². The van der Waals surface area contributed by atoms with E-state index in [1.54, 1.807) is 23.1 Å². The molecule has 1 N–H and O–H groups in total. The Bertz CT molecular complexity index is 712. The van der Waals surface area contributed by atoms with Crippen LogP contribution in [0.3, 0.4) is 0 Å². The number of aromatic nitrogens is 1. The standard InChI is InChI=1S/C17H19FN2O4/c1-2-15(23-16-6-4-3-5-13(16)18)17(22)20-8-11(9-20)14-7-12(10-21)24-19-14/h3-7,11,15,21H,2,8-10H2,1H3. The van der Waals surface area contributed by atoms with Crippen molar-refractivity contribution in [1.29, 1.82) is 0 Å². The number of amides is 1. The Morgan fingerprint density at radius 2 is 2.25 bits per heavy atom. The van der Waals surface area contributed by atoms with Crippen LogP contribution in [0.2, 0.25) is 0 Å². The summed E-state index contributed by atoms with van der Waals surface area (Å²) in [7, 11) is 0. The number of hydrogen-bond acceptors (Lipinski definition) is 5. The number of nitrogens with zero attached hydrogens (tertiary/aromatic N) is 2. The number of aliphatic hydroxyl groups excluding tert-OH is 1. The first-order valence-corrected chi connectivity index (χ1v) is 7.88. The van der Waals surface area contributed by atoms with Crippen LogP contribution in [-0.4, -0.2) is 40.3 Å². The lowest BCUT2D eigenvalue weighted by atomic mass is 9.95. The summed E-state index contributed by atoms with van der Waals surface area (Å²) in [5.41, 5.74) is 0.728. The van der Waals surface area contributed by atoms with E-state index in [0.29, 0.717) is 25.3 Å². The average Bonchev–Trinajstić information content (AvgIpc) is 3.01. The summed E-state index contributed by atoms with van der Waals surface area (Å²) < 4.78 is 24.2. The molecule has 7 heteroatoms. The van der Waals surface area contributed by atoms with Gasteiger partial charge in [0.15, 0.2) is 23.4 Å². The third kappa shape index (κ3) is 3.26. The fourth-order valence-electron chi connectivity index (χ4n) is 2.65. The Labute approximate surface area is 138 Å². The molecule has 128 valence electrons. The zero-order valence-electron chi connectivity index (χ0n) is 13.3. The number of likely N-dealkylation sites (tertiary alicyclic amines) is 1. The molecule has 1 aromatic heterocycles. The largest absolute Gasteiger partial charge is 0.478 e. The molecule has 0 aliphatic carbocycles. The number of ether oxygens (including phenoxy) is 1. The zero-order chi connectivity index (χ0) is 17.1. The highest BCUT2D eigenvalue weighted by atomic mass is 19.1. The number of rotatable bonds is 6. The molecule has 1 aromatic carbocycles. The molecule has 0 spiro atoms. The third-order valence-corrected chi connectivity index (χ3v) is 4.10. The molecule has 1 aliphatic heterocycles. The van der Waals surface area contributed by atoms with Crippen molar-refractivity contribution in [2.75, 3.05) is 13.1 Å². The lowest BCUT2D eigenvalue weighted by Gasteiger charge is -2.39. The molecular weight excluding hydrogens is 315 g/mol. The molecular formula is C17H19FN2O4. The van der Waals surface area contributed by atoms with Crippen molar-refractivity contribution in [2.45, 2.75) is 32.0 Å². The van der Waals surface area contributed by atoms with Gasteiger partial charge in [-0.25, -0.2) is 4.39 Å². The van der Waals surface area contributed by atoms with Crippen molar-refractivity contribution in [1.82, 2.24) is 10.1 Å². The minimum atomic E-state index is -0.715. The lowest BCUT2D eigenvalue weighted by Crippen LogP contribution is -2.53. The topological polar surface area (TPSA) is 75.8 Å². The van der Waals surface area contributed by atoms with Gasteiger partial charge in [0, 0.05) is 25.1 Å². The third-order valence-electron chi connectivity index (χ3n) is 4.10. The second-order valence-corrected chi connectivity index (χ2v) is 5.76. The normalized spacial score (nSPS) is 15.9. The summed E-state index contributed by atoms with van der Waals surface area (Å²) in [6.07, 6.45) is -0.263. The van der Waals surface area contributed by atoms with Gasteiger partial charge in [0.05, 0.1) is 5.69 Å². The summed E-state index contributed by atoms with van der Waals surface area (Å²) in [4.78, 5) is 14.2. The van der Waals surface area contributed by atoms with Gasteiger partial charge < -0.3 is 19.3 Å². The molecule has 0 bridgehead atoms. The minimum Gasteiger partial charge on any atom is -0.478 e. The predicted molar refractivity (Wildman–Crippen MR) is 82.9 cm³/mol. The summed E-state index contributed by atoms with van der Waals surface area (Å²) in [5.74, 6) is -0.0702. The van der Waals surface area contributed by atoms with Crippen LogP contribution in [0.5, 0.6) is 5.75 Å². The molecule has 1 saturated heterocycles. The van der Waals surface area contributed by atoms with Gasteiger partial charge in [-0.3, -0.25) is 4.79 Å². The monoisotopic (exact) mass is 334 g/mol. The molecule has 1 aliphatic rings. The summed E-state index contributed by atoms with van der Waals surface area (Å²) in [6.45, 7) is 2.64. The maximum atomic E-state index is 13.7. The average molecular weight is 334 g/mol. The van der Waals surface area contributed by atoms with Gasteiger partial charge in [-0.15, -0.1) is 0 Å². The van der Waals surface area contributed by atoms with E-state index in [1.165, 1.54) is 12.1 Å². The SMILES string of the molecule is CCC(Oc1ccccc1F)C(=O)N1CC(c2cc(CO)on2)C1. The van der Waals surface area contributed by atoms with E-state index in [0.717, 1.165) is 5.69 Å². The predicted octanol–water partition coefficient (Wildman–Crippen LogP) is 2.09. The van der Waals surface area contributed by atoms with E-state index in [-0.39, 0.29) is 24.2 Å². The van der Waals surface area contributed by atoms with E-state index in [2.05, 4.69) is 5.16 Å². The molecule has 1 atom stereocenters. The summed E-state index contributed by atoms with van der Waals surface area (Å²) in [6, 6.07) is 7.74. The zero-order valence-corrected chi connectivity index (χ0v) is 13.3. The van der Waals surface area contributed by atoms with E-state index in [9.17, 15) is 9.18 Å². The van der Waals surface area contributed by atoms with Crippen LogP contribution in [-0.2, 0) is 11.4 Å². The molecule has 1 amide bonds. The van der Waals surface area contributed by atoms with E-state index in [4.69, 9.17) is 14.4 Å². The van der Waals surface area contributed by atoms with Crippen molar-refractivity contribution in [2.24, 2.45) is 0 Å². The number of benzene rings is 1. The molecule has 2 aromatic rings. The van der Waals surface area contributed by atoms with Gasteiger partial charge in [0.1, 0.15) is 6.61 Å². The van der Waals surface area contributed by atoms with Gasteiger partial charge in [-0.05, 0) is 18.6 Å². The quantitative estimate of drug-likeness (QED) is 0.875. The van der Waals surface area contributed by atoms with Crippen LogP contribution in [0.1, 0.15) is 30.7 Å². The molecule has 0 radical (unpaired) electrons. The van der Waals surface area contributed by atoms with Crippen LogP contribution in [0.15, 0.2) is 34.9 Å². The molecule has 0 saturated carbocycles. The van der Waals surface area contributed by atoms with Gasteiger partial charge in [0.2, 0.25) is 0 Å². The first-order chi connectivity index (χ1) is 11.6. The van der Waals surface area contributed by atoms with Crippen molar-refractivity contribution < 1.29 is 23.6 Å². The minimum absolute atomic E-state index is 0.0823. The molecule has 1 unspecified atom stereocenters. The highest BCUT2D eigenvalue weighted by Crippen LogP contribution is 2.28. The highest BCUT2D eigenvalue weighted by Gasteiger charge is 2.37. The summed E-state index contributed by atoms with van der Waals surface area (Å²) >= 11 is 0.